The maximum Gasteiger partial charge on any atom is 0.420 e. The molecule has 0 radical (unpaired) electrons. The lowest BCUT2D eigenvalue weighted by atomic mass is 10.1. The van der Waals surface area contributed by atoms with Gasteiger partial charge in [0.15, 0.2) is 5.75 Å². The van der Waals surface area contributed by atoms with E-state index in [4.69, 9.17) is 4.74 Å². The first-order chi connectivity index (χ1) is 17.7. The highest BCUT2D eigenvalue weighted by Crippen LogP contribution is 2.47. The molecule has 2 atom stereocenters. The van der Waals surface area contributed by atoms with Crippen molar-refractivity contribution < 1.29 is 50.2 Å². The van der Waals surface area contributed by atoms with E-state index in [1.807, 2.05) is 0 Å². The van der Waals surface area contributed by atoms with Gasteiger partial charge in [-0.2, -0.15) is 26.3 Å². The van der Waals surface area contributed by atoms with Gasteiger partial charge in [0.25, 0.3) is 0 Å². The summed E-state index contributed by atoms with van der Waals surface area (Å²) in [6.07, 6.45) is -11.5. The minimum atomic E-state index is -5.40. The lowest BCUT2D eigenvalue weighted by Gasteiger charge is -2.28. The van der Waals surface area contributed by atoms with Crippen LogP contribution in [0.25, 0.3) is 0 Å². The highest BCUT2D eigenvalue weighted by molar-refractivity contribution is 5.98. The molecule has 1 N–H and O–H groups in total. The Morgan fingerprint density at radius 2 is 1.68 bits per heavy atom. The van der Waals surface area contributed by atoms with Gasteiger partial charge < -0.3 is 14.7 Å². The average molecular weight is 549 g/mol. The number of aliphatic hydroxyl groups is 1. The second-order valence-corrected chi connectivity index (χ2v) is 8.96. The maximum absolute atomic E-state index is 14.0. The first-order valence-electron chi connectivity index (χ1n) is 11.5. The molecule has 14 heteroatoms. The summed E-state index contributed by atoms with van der Waals surface area (Å²) in [7, 11) is 1.11. The summed E-state index contributed by atoms with van der Waals surface area (Å²) >= 11 is 0. The van der Waals surface area contributed by atoms with E-state index in [-0.39, 0.29) is 24.8 Å². The minimum Gasteiger partial charge on any atom is -0.407 e. The molecule has 1 saturated carbocycles. The summed E-state index contributed by atoms with van der Waals surface area (Å²) in [5.74, 6) is -1.93. The number of carbonyl (C=O) groups is 2. The quantitative estimate of drug-likeness (QED) is 0.500. The van der Waals surface area contributed by atoms with Crippen molar-refractivity contribution >= 4 is 23.5 Å². The third-order valence-electron chi connectivity index (χ3n) is 6.56. The minimum absolute atomic E-state index is 0.0251. The molecule has 38 heavy (non-hydrogen) atoms. The Bertz CT molecular complexity index is 1220. The van der Waals surface area contributed by atoms with Gasteiger partial charge in [-0.1, -0.05) is 0 Å². The Balaban J connectivity index is 1.79. The Labute approximate surface area is 212 Å². The van der Waals surface area contributed by atoms with Crippen molar-refractivity contribution in [1.29, 1.82) is 0 Å². The van der Waals surface area contributed by atoms with Crippen LogP contribution >= 0.6 is 0 Å². The molecule has 2 aliphatic rings. The summed E-state index contributed by atoms with van der Waals surface area (Å²) in [6, 6.07) is 2.82. The van der Waals surface area contributed by atoms with Crippen LogP contribution in [0.1, 0.15) is 30.4 Å². The zero-order chi connectivity index (χ0) is 28.0. The van der Waals surface area contributed by atoms with Crippen LogP contribution < -0.4 is 14.5 Å². The van der Waals surface area contributed by atoms with Crippen LogP contribution in [0.2, 0.25) is 0 Å². The zero-order valence-electron chi connectivity index (χ0n) is 19.8. The Morgan fingerprint density at radius 1 is 1.03 bits per heavy atom. The summed E-state index contributed by atoms with van der Waals surface area (Å²) in [5, 5.41) is 10.2. The van der Waals surface area contributed by atoms with Crippen LogP contribution in [0.4, 0.5) is 51.7 Å². The number of aliphatic hydroxyl groups excluding tert-OH is 1. The molecule has 0 bridgehead atoms. The molecule has 2 fully saturated rings. The van der Waals surface area contributed by atoms with Gasteiger partial charge in [-0.15, -0.1) is 0 Å². The maximum atomic E-state index is 14.0. The van der Waals surface area contributed by atoms with Crippen LogP contribution in [-0.2, 0) is 12.4 Å². The summed E-state index contributed by atoms with van der Waals surface area (Å²) in [5.41, 5.74) is -4.47. The van der Waals surface area contributed by atoms with E-state index in [9.17, 15) is 45.4 Å². The predicted octanol–water partition coefficient (Wildman–Crippen LogP) is 5.65. The first-order valence-corrected chi connectivity index (χ1v) is 11.5. The Kier molecular flexibility index (Phi) is 7.21. The van der Waals surface area contributed by atoms with Gasteiger partial charge in [0.05, 0.1) is 23.4 Å². The molecule has 3 amide bonds. The molecule has 2 aromatic rings. The zero-order valence-corrected chi connectivity index (χ0v) is 19.8. The van der Waals surface area contributed by atoms with E-state index in [1.54, 1.807) is 0 Å². The molecular formula is C24H22F7N3O4. The number of alkyl halides is 6. The molecule has 2 unspecified atom stereocenters. The van der Waals surface area contributed by atoms with E-state index >= 15 is 0 Å². The second kappa shape index (κ2) is 9.97. The highest BCUT2D eigenvalue weighted by Gasteiger charge is 2.45. The van der Waals surface area contributed by atoms with E-state index in [0.717, 1.165) is 36.2 Å². The molecule has 1 aliphatic carbocycles. The number of benzene rings is 2. The fraction of sp³-hybridized carbons (Fsp3) is 0.417. The molecule has 0 aromatic heterocycles. The Hall–Kier alpha value is -3.55. The molecule has 1 aliphatic heterocycles. The fourth-order valence-corrected chi connectivity index (χ4v) is 4.59. The first kappa shape index (κ1) is 27.5. The van der Waals surface area contributed by atoms with Crippen molar-refractivity contribution in [2.45, 2.75) is 43.8 Å². The molecule has 1 saturated heterocycles. The summed E-state index contributed by atoms with van der Waals surface area (Å²) in [4.78, 5) is 28.6. The van der Waals surface area contributed by atoms with Crippen molar-refractivity contribution in [3.8, 4) is 5.75 Å². The molecule has 0 spiro atoms. The SMILES string of the molecule is CN(C(=O)Oc1c(N2CCN(C3CCCC3O)C2=O)cc(C(F)(F)F)cc1C(F)(F)F)c1ccc(F)cc1. The highest BCUT2D eigenvalue weighted by atomic mass is 19.4. The number of nitrogens with zero attached hydrogens (tertiary/aromatic N) is 3. The number of carbonyl (C=O) groups excluding carboxylic acids is 2. The smallest absolute Gasteiger partial charge is 0.407 e. The van der Waals surface area contributed by atoms with Crippen molar-refractivity contribution in [3.05, 3.63) is 53.3 Å². The van der Waals surface area contributed by atoms with Crippen molar-refractivity contribution in [2.24, 2.45) is 0 Å². The number of amides is 3. The van der Waals surface area contributed by atoms with Crippen LogP contribution in [0.5, 0.6) is 5.75 Å². The lowest BCUT2D eigenvalue weighted by molar-refractivity contribution is -0.143. The monoisotopic (exact) mass is 549 g/mol. The van der Waals surface area contributed by atoms with Gasteiger partial charge in [0.1, 0.15) is 11.4 Å². The normalized spacial score (nSPS) is 20.3. The standard InChI is InChI=1S/C24H22F7N3O4/c1-32(15-7-5-14(25)6-8-15)22(37)38-20-16(24(29,30)31)11-13(23(26,27)28)12-18(20)34-10-9-33(21(34)36)17-3-2-4-19(17)35/h5-8,11-12,17,19,35H,2-4,9-10H2,1H3. The third kappa shape index (κ3) is 5.35. The third-order valence-corrected chi connectivity index (χ3v) is 6.56. The van der Waals surface area contributed by atoms with E-state index in [2.05, 4.69) is 0 Å². The van der Waals surface area contributed by atoms with Crippen LogP contribution in [0.3, 0.4) is 0 Å². The van der Waals surface area contributed by atoms with Gasteiger partial charge in [-0.3, -0.25) is 9.80 Å². The molecule has 7 nitrogen and oxygen atoms in total. The number of halogens is 7. The molecule has 4 rings (SSSR count). The van der Waals surface area contributed by atoms with Crippen LogP contribution in [-0.4, -0.2) is 54.4 Å². The van der Waals surface area contributed by atoms with Crippen molar-refractivity contribution in [3.63, 3.8) is 0 Å². The lowest BCUT2D eigenvalue weighted by Crippen LogP contribution is -2.43. The van der Waals surface area contributed by atoms with Crippen molar-refractivity contribution in [2.75, 3.05) is 29.9 Å². The van der Waals surface area contributed by atoms with E-state index in [1.165, 1.54) is 4.90 Å². The van der Waals surface area contributed by atoms with Gasteiger partial charge in [-0.25, -0.2) is 14.0 Å². The van der Waals surface area contributed by atoms with E-state index in [0.29, 0.717) is 30.2 Å². The number of anilines is 2. The number of ether oxygens (including phenoxy) is 1. The predicted molar refractivity (Wildman–Crippen MR) is 120 cm³/mol. The van der Waals surface area contributed by atoms with Gasteiger partial charge in [0.2, 0.25) is 0 Å². The van der Waals surface area contributed by atoms with Gasteiger partial charge in [0, 0.05) is 25.8 Å². The van der Waals surface area contributed by atoms with E-state index < -0.39 is 65.0 Å². The molecule has 2 aromatic carbocycles. The Morgan fingerprint density at radius 3 is 2.24 bits per heavy atom. The average Bonchev–Trinajstić information content (AvgIpc) is 3.42. The summed E-state index contributed by atoms with van der Waals surface area (Å²) in [6.45, 7) is -0.375. The van der Waals surface area contributed by atoms with Gasteiger partial charge in [-0.05, 0) is 55.7 Å². The molecular weight excluding hydrogens is 527 g/mol. The van der Waals surface area contributed by atoms with Gasteiger partial charge >= 0.3 is 24.5 Å². The van der Waals surface area contributed by atoms with Crippen LogP contribution in [0, 0.1) is 5.82 Å². The summed E-state index contributed by atoms with van der Waals surface area (Å²) < 4.78 is 101. The number of rotatable bonds is 4. The second-order valence-electron chi connectivity index (χ2n) is 8.96. The number of hydrogen-bond acceptors (Lipinski definition) is 4. The fourth-order valence-electron chi connectivity index (χ4n) is 4.59. The topological polar surface area (TPSA) is 73.3 Å². The number of hydrogen-bond donors (Lipinski definition) is 1. The molecule has 1 heterocycles. The van der Waals surface area contributed by atoms with Crippen molar-refractivity contribution in [1.82, 2.24) is 4.90 Å². The number of urea groups is 1. The van der Waals surface area contributed by atoms with Crippen LogP contribution in [0.15, 0.2) is 36.4 Å². The molecule has 206 valence electrons. The largest absolute Gasteiger partial charge is 0.420 e.